The van der Waals surface area contributed by atoms with Gasteiger partial charge in [-0.15, -0.1) is 0 Å². The van der Waals surface area contributed by atoms with Crippen molar-refractivity contribution in [3.63, 3.8) is 0 Å². The van der Waals surface area contributed by atoms with Gasteiger partial charge < -0.3 is 9.47 Å². The van der Waals surface area contributed by atoms with E-state index in [1.54, 1.807) is 6.20 Å². The second-order valence-corrected chi connectivity index (χ2v) is 4.70. The zero-order chi connectivity index (χ0) is 12.3. The summed E-state index contributed by atoms with van der Waals surface area (Å²) < 4.78 is 10.7. The summed E-state index contributed by atoms with van der Waals surface area (Å²) in [5, 5.41) is 0. The number of halogens is 1. The van der Waals surface area contributed by atoms with Crippen molar-refractivity contribution in [1.82, 2.24) is 4.98 Å². The van der Waals surface area contributed by atoms with E-state index < -0.39 is 0 Å². The molecule has 0 spiro atoms. The van der Waals surface area contributed by atoms with Crippen LogP contribution < -0.4 is 0 Å². The topological polar surface area (TPSA) is 48.4 Å². The highest BCUT2D eigenvalue weighted by atomic mass is 79.9. The molecule has 0 amide bonds. The Hall–Kier alpha value is -0.940. The van der Waals surface area contributed by atoms with Crippen LogP contribution in [0.1, 0.15) is 34.7 Å². The van der Waals surface area contributed by atoms with Crippen LogP contribution in [0.5, 0.6) is 0 Å². The Morgan fingerprint density at radius 3 is 2.88 bits per heavy atom. The van der Waals surface area contributed by atoms with Gasteiger partial charge in [0.25, 0.3) is 0 Å². The summed E-state index contributed by atoms with van der Waals surface area (Å²) in [6.07, 6.45) is 3.57. The van der Waals surface area contributed by atoms with Gasteiger partial charge in [-0.25, -0.2) is 9.78 Å². The van der Waals surface area contributed by atoms with E-state index in [4.69, 9.17) is 9.47 Å². The van der Waals surface area contributed by atoms with Gasteiger partial charge in [0, 0.05) is 19.4 Å². The second kappa shape index (κ2) is 5.60. The van der Waals surface area contributed by atoms with Crippen molar-refractivity contribution in [2.24, 2.45) is 0 Å². The quantitative estimate of drug-likeness (QED) is 0.622. The first kappa shape index (κ1) is 12.5. The molecule has 0 saturated carbocycles. The largest absolute Gasteiger partial charge is 0.465 e. The van der Waals surface area contributed by atoms with Crippen LogP contribution in [0.25, 0.3) is 0 Å². The Bertz CT molecular complexity index is 416. The van der Waals surface area contributed by atoms with Crippen LogP contribution in [-0.2, 0) is 9.47 Å². The van der Waals surface area contributed by atoms with Gasteiger partial charge in [0.05, 0.1) is 12.7 Å². The van der Waals surface area contributed by atoms with E-state index in [-0.39, 0.29) is 5.97 Å². The molecule has 0 radical (unpaired) electrons. The van der Waals surface area contributed by atoms with Gasteiger partial charge in [0.2, 0.25) is 0 Å². The molecular weight excluding hydrogens is 286 g/mol. The molecular formula is C12H14BrNO3. The highest BCUT2D eigenvalue weighted by Crippen LogP contribution is 2.32. The van der Waals surface area contributed by atoms with Crippen LogP contribution in [0.15, 0.2) is 16.9 Å². The fourth-order valence-electron chi connectivity index (χ4n) is 2.10. The molecule has 2 rings (SSSR count). The van der Waals surface area contributed by atoms with E-state index >= 15 is 0 Å². The Kier molecular flexibility index (Phi) is 4.12. The van der Waals surface area contributed by atoms with E-state index in [1.807, 2.05) is 6.07 Å². The molecule has 1 fully saturated rings. The predicted octanol–water partition coefficient (Wildman–Crippen LogP) is 2.52. The first-order chi connectivity index (χ1) is 8.24. The fourth-order valence-corrected chi connectivity index (χ4v) is 2.61. The molecule has 0 aliphatic carbocycles. The van der Waals surface area contributed by atoms with Crippen molar-refractivity contribution in [2.45, 2.75) is 18.8 Å². The summed E-state index contributed by atoms with van der Waals surface area (Å²) in [5.74, 6) is 0.00335. The van der Waals surface area contributed by atoms with Crippen LogP contribution in [0.4, 0.5) is 0 Å². The van der Waals surface area contributed by atoms with Crippen molar-refractivity contribution in [1.29, 1.82) is 0 Å². The maximum absolute atomic E-state index is 11.8. The van der Waals surface area contributed by atoms with Crippen molar-refractivity contribution in [3.05, 3.63) is 28.0 Å². The number of ether oxygens (including phenoxy) is 2. The minimum atomic E-state index is -0.341. The summed E-state index contributed by atoms with van der Waals surface area (Å²) in [7, 11) is 1.38. The first-order valence-electron chi connectivity index (χ1n) is 5.54. The molecule has 4 nitrogen and oxygen atoms in total. The van der Waals surface area contributed by atoms with Gasteiger partial charge in [0.1, 0.15) is 4.60 Å². The van der Waals surface area contributed by atoms with Crippen LogP contribution in [-0.4, -0.2) is 31.3 Å². The van der Waals surface area contributed by atoms with Crippen LogP contribution in [0, 0.1) is 0 Å². The number of esters is 1. The molecule has 0 aromatic carbocycles. The summed E-state index contributed by atoms with van der Waals surface area (Å²) >= 11 is 3.31. The number of carbonyl (C=O) groups excluding carboxylic acids is 1. The second-order valence-electron chi connectivity index (χ2n) is 3.94. The Labute approximate surface area is 108 Å². The Morgan fingerprint density at radius 1 is 1.53 bits per heavy atom. The number of aromatic nitrogens is 1. The molecule has 1 aliphatic heterocycles. The van der Waals surface area contributed by atoms with Gasteiger partial charge in [-0.3, -0.25) is 0 Å². The van der Waals surface area contributed by atoms with Crippen molar-refractivity contribution in [2.75, 3.05) is 20.3 Å². The molecule has 92 valence electrons. The lowest BCUT2D eigenvalue weighted by atomic mass is 9.89. The highest BCUT2D eigenvalue weighted by Gasteiger charge is 2.24. The zero-order valence-electron chi connectivity index (χ0n) is 9.61. The maximum Gasteiger partial charge on any atom is 0.340 e. The molecule has 1 aliphatic rings. The number of hydrogen-bond donors (Lipinski definition) is 0. The number of hydrogen-bond acceptors (Lipinski definition) is 4. The van der Waals surface area contributed by atoms with Crippen molar-refractivity contribution in [3.8, 4) is 0 Å². The molecule has 0 unspecified atom stereocenters. The van der Waals surface area contributed by atoms with E-state index in [1.165, 1.54) is 7.11 Å². The van der Waals surface area contributed by atoms with Crippen molar-refractivity contribution < 1.29 is 14.3 Å². The summed E-state index contributed by atoms with van der Waals surface area (Å²) in [4.78, 5) is 15.9. The lowest BCUT2D eigenvalue weighted by Crippen LogP contribution is -2.18. The van der Waals surface area contributed by atoms with Crippen LogP contribution >= 0.6 is 15.9 Å². The smallest absolute Gasteiger partial charge is 0.340 e. The van der Waals surface area contributed by atoms with Crippen LogP contribution in [0.2, 0.25) is 0 Å². The van der Waals surface area contributed by atoms with Gasteiger partial charge in [-0.2, -0.15) is 0 Å². The van der Waals surface area contributed by atoms with E-state index in [0.29, 0.717) is 16.1 Å². The summed E-state index contributed by atoms with van der Waals surface area (Å²) in [6, 6.07) is 1.90. The average Bonchev–Trinajstić information content (AvgIpc) is 2.38. The Balaban J connectivity index is 2.38. The van der Waals surface area contributed by atoms with Gasteiger partial charge in [0.15, 0.2) is 0 Å². The number of pyridine rings is 1. The van der Waals surface area contributed by atoms with Gasteiger partial charge in [-0.1, -0.05) is 0 Å². The SMILES string of the molecule is COC(=O)c1c(C2CCOCC2)ccnc1Br. The highest BCUT2D eigenvalue weighted by molar-refractivity contribution is 9.10. The average molecular weight is 300 g/mol. The minimum Gasteiger partial charge on any atom is -0.465 e. The molecule has 0 atom stereocenters. The third-order valence-electron chi connectivity index (χ3n) is 2.99. The normalized spacial score (nSPS) is 16.8. The van der Waals surface area contributed by atoms with E-state index in [9.17, 15) is 4.79 Å². The molecule has 2 heterocycles. The van der Waals surface area contributed by atoms with Crippen LogP contribution in [0.3, 0.4) is 0 Å². The monoisotopic (exact) mass is 299 g/mol. The fraction of sp³-hybridized carbons (Fsp3) is 0.500. The van der Waals surface area contributed by atoms with Gasteiger partial charge >= 0.3 is 5.97 Å². The summed E-state index contributed by atoms with van der Waals surface area (Å²) in [6.45, 7) is 1.48. The lowest BCUT2D eigenvalue weighted by Gasteiger charge is -2.24. The standard InChI is InChI=1S/C12H14BrNO3/c1-16-12(15)10-9(2-5-14-11(10)13)8-3-6-17-7-4-8/h2,5,8H,3-4,6-7H2,1H3. The predicted molar refractivity (Wildman–Crippen MR) is 66.1 cm³/mol. The molecule has 0 bridgehead atoms. The third-order valence-corrected chi connectivity index (χ3v) is 3.59. The van der Waals surface area contributed by atoms with E-state index in [0.717, 1.165) is 31.6 Å². The molecule has 1 aromatic rings. The number of carbonyl (C=O) groups is 1. The third kappa shape index (κ3) is 2.66. The molecule has 1 aromatic heterocycles. The molecule has 5 heteroatoms. The van der Waals surface area contributed by atoms with Gasteiger partial charge in [-0.05, 0) is 46.3 Å². The zero-order valence-corrected chi connectivity index (χ0v) is 11.2. The number of nitrogens with zero attached hydrogens (tertiary/aromatic N) is 1. The summed E-state index contributed by atoms with van der Waals surface area (Å²) in [5.41, 5.74) is 1.55. The molecule has 0 N–H and O–H groups in total. The number of rotatable bonds is 2. The lowest BCUT2D eigenvalue weighted by molar-refractivity contribution is 0.0590. The first-order valence-corrected chi connectivity index (χ1v) is 6.33. The molecule has 17 heavy (non-hydrogen) atoms. The molecule has 1 saturated heterocycles. The Morgan fingerprint density at radius 2 is 2.24 bits per heavy atom. The van der Waals surface area contributed by atoms with E-state index in [2.05, 4.69) is 20.9 Å². The minimum absolute atomic E-state index is 0.341. The number of methoxy groups -OCH3 is 1. The van der Waals surface area contributed by atoms with Crippen molar-refractivity contribution >= 4 is 21.9 Å². The maximum atomic E-state index is 11.8.